The lowest BCUT2D eigenvalue weighted by Gasteiger charge is -2.30. The average molecular weight is 321 g/mol. The number of rotatable bonds is 3. The molecule has 23 heavy (non-hydrogen) atoms. The Kier molecular flexibility index (Phi) is 5.53. The van der Waals surface area contributed by atoms with Crippen LogP contribution >= 0.6 is 0 Å². The molecule has 0 bridgehead atoms. The van der Waals surface area contributed by atoms with Gasteiger partial charge in [-0.05, 0) is 5.56 Å². The average Bonchev–Trinajstić information content (AvgIpc) is 2.59. The third kappa shape index (κ3) is 4.19. The summed E-state index contributed by atoms with van der Waals surface area (Å²) in [5.41, 5.74) is 0.431. The van der Waals surface area contributed by atoms with Crippen LogP contribution in [0.5, 0.6) is 0 Å². The molecule has 1 fully saturated rings. The number of carbonyl (C=O) groups is 3. The highest BCUT2D eigenvalue weighted by Gasteiger charge is 2.28. The Hall–Kier alpha value is -2.61. The number of benzene rings is 1. The zero-order chi connectivity index (χ0) is 16.8. The standard InChI is InChI=1S/C15H19N3O5/c1-17(15(22)18-7-9-23-10-8-18)14(21)16-12(13(19)20)11-5-3-2-4-6-11/h2-6,12H,7-10H2,1H3,(H,16,21)(H,19,20). The van der Waals surface area contributed by atoms with Crippen LogP contribution in [0.4, 0.5) is 9.59 Å². The Morgan fingerprint density at radius 2 is 1.83 bits per heavy atom. The van der Waals surface area contributed by atoms with E-state index < -0.39 is 24.1 Å². The first kappa shape index (κ1) is 16.8. The van der Waals surface area contributed by atoms with Crippen molar-refractivity contribution in [1.29, 1.82) is 0 Å². The quantitative estimate of drug-likeness (QED) is 0.862. The number of nitrogens with one attached hydrogen (secondary N) is 1. The van der Waals surface area contributed by atoms with E-state index in [1.54, 1.807) is 30.3 Å². The smallest absolute Gasteiger partial charge is 0.330 e. The summed E-state index contributed by atoms with van der Waals surface area (Å²) in [5, 5.41) is 11.7. The summed E-state index contributed by atoms with van der Waals surface area (Å²) >= 11 is 0. The van der Waals surface area contributed by atoms with Gasteiger partial charge in [-0.25, -0.2) is 19.3 Å². The summed E-state index contributed by atoms with van der Waals surface area (Å²) in [6, 6.07) is 5.84. The van der Waals surface area contributed by atoms with Gasteiger partial charge in [-0.1, -0.05) is 30.3 Å². The van der Waals surface area contributed by atoms with Crippen molar-refractivity contribution in [2.24, 2.45) is 0 Å². The van der Waals surface area contributed by atoms with E-state index in [0.29, 0.717) is 31.9 Å². The fraction of sp³-hybridized carbons (Fsp3) is 0.400. The molecule has 0 aromatic heterocycles. The molecule has 0 aliphatic carbocycles. The number of morpholine rings is 1. The number of aliphatic carboxylic acids is 1. The minimum absolute atomic E-state index is 0.400. The van der Waals surface area contributed by atoms with Gasteiger partial charge in [0.15, 0.2) is 6.04 Å². The fourth-order valence-electron chi connectivity index (χ4n) is 2.21. The predicted molar refractivity (Wildman–Crippen MR) is 80.9 cm³/mol. The van der Waals surface area contributed by atoms with Crippen molar-refractivity contribution in [3.05, 3.63) is 35.9 Å². The van der Waals surface area contributed by atoms with Gasteiger partial charge in [-0.15, -0.1) is 0 Å². The highest BCUT2D eigenvalue weighted by molar-refractivity contribution is 5.95. The number of hydrogen-bond acceptors (Lipinski definition) is 4. The second kappa shape index (κ2) is 7.59. The minimum atomic E-state index is -1.22. The molecule has 0 radical (unpaired) electrons. The van der Waals surface area contributed by atoms with E-state index in [9.17, 15) is 19.5 Å². The first-order valence-corrected chi connectivity index (χ1v) is 7.19. The van der Waals surface area contributed by atoms with E-state index in [4.69, 9.17) is 4.74 Å². The van der Waals surface area contributed by atoms with Crippen molar-refractivity contribution in [1.82, 2.24) is 15.1 Å². The number of carboxylic acids is 1. The molecule has 0 spiro atoms. The lowest BCUT2D eigenvalue weighted by atomic mass is 10.1. The van der Waals surface area contributed by atoms with Gasteiger partial charge >= 0.3 is 18.0 Å². The highest BCUT2D eigenvalue weighted by atomic mass is 16.5. The largest absolute Gasteiger partial charge is 0.479 e. The molecule has 1 atom stereocenters. The van der Waals surface area contributed by atoms with Crippen molar-refractivity contribution in [2.45, 2.75) is 6.04 Å². The third-order valence-corrected chi connectivity index (χ3v) is 3.52. The number of carboxylic acid groups (broad SMARTS) is 1. The van der Waals surface area contributed by atoms with Crippen molar-refractivity contribution in [3.63, 3.8) is 0 Å². The lowest BCUT2D eigenvalue weighted by Crippen LogP contribution is -2.52. The predicted octanol–water partition coefficient (Wildman–Crippen LogP) is 0.906. The van der Waals surface area contributed by atoms with Crippen LogP contribution in [0, 0.1) is 0 Å². The van der Waals surface area contributed by atoms with Crippen LogP contribution in [0.15, 0.2) is 30.3 Å². The SMILES string of the molecule is CN(C(=O)NC(C(=O)O)c1ccccc1)C(=O)N1CCOCC1. The molecule has 2 N–H and O–H groups in total. The number of hydrogen-bond donors (Lipinski definition) is 2. The van der Waals surface area contributed by atoms with Crippen LogP contribution in [0.2, 0.25) is 0 Å². The number of carbonyl (C=O) groups excluding carboxylic acids is 2. The summed E-state index contributed by atoms with van der Waals surface area (Å²) in [6.45, 7) is 1.64. The van der Waals surface area contributed by atoms with Gasteiger partial charge in [-0.2, -0.15) is 0 Å². The van der Waals surface area contributed by atoms with Gasteiger partial charge in [-0.3, -0.25) is 0 Å². The molecule has 2 rings (SSSR count). The number of nitrogens with zero attached hydrogens (tertiary/aromatic N) is 2. The molecule has 1 saturated heterocycles. The maximum atomic E-state index is 12.2. The lowest BCUT2D eigenvalue weighted by molar-refractivity contribution is -0.139. The van der Waals surface area contributed by atoms with Crippen molar-refractivity contribution in [2.75, 3.05) is 33.4 Å². The summed E-state index contributed by atoms with van der Waals surface area (Å²) in [4.78, 5) is 38.2. The topological polar surface area (TPSA) is 99.2 Å². The third-order valence-electron chi connectivity index (χ3n) is 3.52. The maximum Gasteiger partial charge on any atom is 0.330 e. The first-order chi connectivity index (χ1) is 11.0. The molecule has 4 amide bonds. The molecule has 8 heteroatoms. The van der Waals surface area contributed by atoms with Crippen LogP contribution in [0.25, 0.3) is 0 Å². The molecule has 1 aliphatic rings. The Balaban J connectivity index is 2.03. The monoisotopic (exact) mass is 321 g/mol. The van der Waals surface area contributed by atoms with E-state index in [2.05, 4.69) is 5.32 Å². The summed E-state index contributed by atoms with van der Waals surface area (Å²) < 4.78 is 5.15. The number of amides is 4. The molecule has 8 nitrogen and oxygen atoms in total. The van der Waals surface area contributed by atoms with Crippen molar-refractivity contribution in [3.8, 4) is 0 Å². The molecule has 1 aliphatic heterocycles. The zero-order valence-corrected chi connectivity index (χ0v) is 12.8. The van der Waals surface area contributed by atoms with E-state index in [-0.39, 0.29) is 0 Å². The fourth-order valence-corrected chi connectivity index (χ4v) is 2.21. The van der Waals surface area contributed by atoms with Crippen molar-refractivity contribution < 1.29 is 24.2 Å². The Morgan fingerprint density at radius 1 is 1.22 bits per heavy atom. The van der Waals surface area contributed by atoms with Crippen LogP contribution in [-0.4, -0.2) is 66.3 Å². The zero-order valence-electron chi connectivity index (χ0n) is 12.8. The van der Waals surface area contributed by atoms with E-state index in [1.807, 2.05) is 0 Å². The molecule has 124 valence electrons. The highest BCUT2D eigenvalue weighted by Crippen LogP contribution is 2.13. The van der Waals surface area contributed by atoms with Crippen LogP contribution in [0.3, 0.4) is 0 Å². The van der Waals surface area contributed by atoms with Gasteiger partial charge in [0.25, 0.3) is 0 Å². The van der Waals surface area contributed by atoms with Crippen molar-refractivity contribution >= 4 is 18.0 Å². The molecule has 1 heterocycles. The van der Waals surface area contributed by atoms with Gasteiger partial charge in [0.05, 0.1) is 13.2 Å². The first-order valence-electron chi connectivity index (χ1n) is 7.19. The van der Waals surface area contributed by atoms with Gasteiger partial charge < -0.3 is 20.1 Å². The van der Waals surface area contributed by atoms with Crippen LogP contribution in [0.1, 0.15) is 11.6 Å². The van der Waals surface area contributed by atoms with Crippen LogP contribution < -0.4 is 5.32 Å². The van der Waals surface area contributed by atoms with Gasteiger partial charge in [0.1, 0.15) is 0 Å². The number of imide groups is 1. The number of urea groups is 2. The van der Waals surface area contributed by atoms with Gasteiger partial charge in [0, 0.05) is 20.1 Å². The normalized spacial score (nSPS) is 15.6. The maximum absolute atomic E-state index is 12.2. The summed E-state index contributed by atoms with van der Waals surface area (Å²) in [7, 11) is 1.32. The number of ether oxygens (including phenoxy) is 1. The molecule has 1 aromatic rings. The van der Waals surface area contributed by atoms with E-state index in [0.717, 1.165) is 4.90 Å². The Labute approximate surface area is 133 Å². The molecule has 0 saturated carbocycles. The van der Waals surface area contributed by atoms with E-state index >= 15 is 0 Å². The van der Waals surface area contributed by atoms with E-state index in [1.165, 1.54) is 11.9 Å². The summed E-state index contributed by atoms with van der Waals surface area (Å²) in [6.07, 6.45) is 0. The molecule has 1 aromatic carbocycles. The van der Waals surface area contributed by atoms with Crippen LogP contribution in [-0.2, 0) is 9.53 Å². The second-order valence-electron chi connectivity index (χ2n) is 5.07. The molecular formula is C15H19N3O5. The molecular weight excluding hydrogens is 302 g/mol. The summed E-state index contributed by atoms with van der Waals surface area (Å²) in [5.74, 6) is -1.20. The Morgan fingerprint density at radius 3 is 2.39 bits per heavy atom. The molecule has 1 unspecified atom stereocenters. The Bertz CT molecular complexity index is 572. The second-order valence-corrected chi connectivity index (χ2v) is 5.07. The minimum Gasteiger partial charge on any atom is -0.479 e. The van der Waals surface area contributed by atoms with Gasteiger partial charge in [0.2, 0.25) is 0 Å².